The van der Waals surface area contributed by atoms with Gasteiger partial charge in [-0.15, -0.1) is 0 Å². The predicted molar refractivity (Wildman–Crippen MR) is 76.1 cm³/mol. The van der Waals surface area contributed by atoms with Crippen molar-refractivity contribution in [2.24, 2.45) is 0 Å². The molecule has 0 spiro atoms. The van der Waals surface area contributed by atoms with Gasteiger partial charge >= 0.3 is 0 Å². The normalized spacial score (nSPS) is 18.6. The molecule has 2 rings (SSSR count). The van der Waals surface area contributed by atoms with E-state index in [2.05, 4.69) is 0 Å². The Kier molecular flexibility index (Phi) is 3.70. The molecule has 0 atom stereocenters. The molecule has 0 saturated carbocycles. The van der Waals surface area contributed by atoms with Crippen LogP contribution in [0.3, 0.4) is 0 Å². The molecule has 0 bridgehead atoms. The van der Waals surface area contributed by atoms with Crippen LogP contribution in [0, 0.1) is 6.92 Å². The average molecular weight is 300 g/mol. The van der Waals surface area contributed by atoms with Gasteiger partial charge in [0.1, 0.15) is 10.6 Å². The van der Waals surface area contributed by atoms with Crippen molar-refractivity contribution in [2.75, 3.05) is 25.9 Å². The first kappa shape index (κ1) is 15.1. The van der Waals surface area contributed by atoms with E-state index in [1.807, 2.05) is 6.92 Å². The van der Waals surface area contributed by atoms with Gasteiger partial charge in [0, 0.05) is 18.8 Å². The van der Waals surface area contributed by atoms with E-state index in [9.17, 15) is 13.5 Å². The van der Waals surface area contributed by atoms with Crippen LogP contribution in [-0.2, 0) is 10.0 Å². The average Bonchev–Trinajstić information content (AvgIpc) is 2.37. The van der Waals surface area contributed by atoms with E-state index < -0.39 is 15.6 Å². The number of β-amino-alcohol motifs (C(OH)–C–C–N with tert-alkyl or cyclic N) is 1. The lowest BCUT2D eigenvalue weighted by molar-refractivity contribution is -0.0613. The van der Waals surface area contributed by atoms with Crippen LogP contribution < -0.4 is 10.5 Å². The largest absolute Gasteiger partial charge is 0.495 e. The molecule has 20 heavy (non-hydrogen) atoms. The molecule has 0 radical (unpaired) electrons. The van der Waals surface area contributed by atoms with Gasteiger partial charge in [0.25, 0.3) is 0 Å². The van der Waals surface area contributed by atoms with Crippen LogP contribution in [0.4, 0.5) is 5.69 Å². The van der Waals surface area contributed by atoms with Gasteiger partial charge in [-0.05, 0) is 31.0 Å². The molecular weight excluding hydrogens is 280 g/mol. The highest BCUT2D eigenvalue weighted by Crippen LogP contribution is 2.35. The Morgan fingerprint density at radius 3 is 2.55 bits per heavy atom. The van der Waals surface area contributed by atoms with Crippen LogP contribution in [0.2, 0.25) is 0 Å². The van der Waals surface area contributed by atoms with Gasteiger partial charge in [-0.2, -0.15) is 4.31 Å². The van der Waals surface area contributed by atoms with Gasteiger partial charge in [-0.25, -0.2) is 8.42 Å². The van der Waals surface area contributed by atoms with Crippen molar-refractivity contribution >= 4 is 15.7 Å². The van der Waals surface area contributed by atoms with Gasteiger partial charge in [0.2, 0.25) is 10.0 Å². The summed E-state index contributed by atoms with van der Waals surface area (Å²) in [5.41, 5.74) is 6.03. The van der Waals surface area contributed by atoms with Crippen LogP contribution in [0.5, 0.6) is 5.75 Å². The maximum Gasteiger partial charge on any atom is 0.247 e. The Hall–Kier alpha value is -1.31. The smallest absolute Gasteiger partial charge is 0.247 e. The predicted octanol–water partition coefficient (Wildman–Crippen LogP) is 0.731. The fourth-order valence-electron chi connectivity index (χ4n) is 2.18. The van der Waals surface area contributed by atoms with Gasteiger partial charge in [-0.1, -0.05) is 6.92 Å². The molecule has 1 aromatic rings. The molecule has 1 fully saturated rings. The third-order valence-electron chi connectivity index (χ3n) is 3.77. The van der Waals surface area contributed by atoms with Crippen LogP contribution in [0.15, 0.2) is 17.0 Å². The highest BCUT2D eigenvalue weighted by atomic mass is 32.2. The van der Waals surface area contributed by atoms with E-state index in [1.165, 1.54) is 17.5 Å². The quantitative estimate of drug-likeness (QED) is 0.800. The van der Waals surface area contributed by atoms with Crippen LogP contribution >= 0.6 is 0 Å². The van der Waals surface area contributed by atoms with Crippen molar-refractivity contribution in [1.82, 2.24) is 4.31 Å². The van der Waals surface area contributed by atoms with E-state index in [1.54, 1.807) is 13.0 Å². The fourth-order valence-corrected chi connectivity index (χ4v) is 3.95. The second kappa shape index (κ2) is 4.91. The monoisotopic (exact) mass is 300 g/mol. The minimum atomic E-state index is -3.70. The van der Waals surface area contributed by atoms with Gasteiger partial charge < -0.3 is 15.6 Å². The number of methoxy groups -OCH3 is 1. The molecule has 0 amide bonds. The zero-order chi connectivity index (χ0) is 15.1. The van der Waals surface area contributed by atoms with Crippen molar-refractivity contribution < 1.29 is 18.3 Å². The first-order chi connectivity index (χ1) is 9.23. The van der Waals surface area contributed by atoms with E-state index in [-0.39, 0.29) is 23.7 Å². The molecular formula is C13H20N2O4S. The molecule has 1 aromatic carbocycles. The lowest BCUT2D eigenvalue weighted by Gasteiger charge is -2.44. The molecule has 112 valence electrons. The number of rotatable bonds is 4. The highest BCUT2D eigenvalue weighted by molar-refractivity contribution is 7.89. The molecule has 0 aromatic heterocycles. The first-order valence-electron chi connectivity index (χ1n) is 6.40. The van der Waals surface area contributed by atoms with E-state index in [0.29, 0.717) is 12.1 Å². The van der Waals surface area contributed by atoms with E-state index in [0.717, 1.165) is 5.56 Å². The standard InChI is InChI=1S/C13H20N2O4S/c1-4-13(16)7-15(8-13)20(17,18)12-6-10(14)9(2)5-11(12)19-3/h5-6,16H,4,7-8,14H2,1-3H3. The summed E-state index contributed by atoms with van der Waals surface area (Å²) >= 11 is 0. The summed E-state index contributed by atoms with van der Waals surface area (Å²) in [6.07, 6.45) is 0.520. The van der Waals surface area contributed by atoms with E-state index in [4.69, 9.17) is 10.5 Å². The molecule has 1 aliphatic heterocycles. The van der Waals surface area contributed by atoms with Gasteiger partial charge in [-0.3, -0.25) is 0 Å². The maximum atomic E-state index is 12.5. The molecule has 0 aliphatic carbocycles. The summed E-state index contributed by atoms with van der Waals surface area (Å²) in [7, 11) is -2.28. The van der Waals surface area contributed by atoms with Crippen molar-refractivity contribution in [3.05, 3.63) is 17.7 Å². The van der Waals surface area contributed by atoms with Crippen LogP contribution in [-0.4, -0.2) is 43.6 Å². The van der Waals surface area contributed by atoms with Crippen molar-refractivity contribution in [1.29, 1.82) is 0 Å². The number of ether oxygens (including phenoxy) is 1. The molecule has 1 aliphatic rings. The Balaban J connectivity index is 2.39. The summed E-state index contributed by atoms with van der Waals surface area (Å²) in [6.45, 7) is 3.81. The van der Waals surface area contributed by atoms with Crippen LogP contribution in [0.25, 0.3) is 0 Å². The first-order valence-corrected chi connectivity index (χ1v) is 7.84. The molecule has 1 saturated heterocycles. The number of nitrogen functional groups attached to an aromatic ring is 1. The number of aliphatic hydroxyl groups is 1. The zero-order valence-corrected chi connectivity index (χ0v) is 12.7. The van der Waals surface area contributed by atoms with Gasteiger partial charge in [0.05, 0.1) is 12.7 Å². The second-order valence-corrected chi connectivity index (χ2v) is 7.12. The Morgan fingerprint density at radius 2 is 2.05 bits per heavy atom. The lowest BCUT2D eigenvalue weighted by Crippen LogP contribution is -2.62. The van der Waals surface area contributed by atoms with Crippen molar-refractivity contribution in [3.8, 4) is 5.75 Å². The third kappa shape index (κ3) is 2.36. The number of hydrogen-bond acceptors (Lipinski definition) is 5. The van der Waals surface area contributed by atoms with Gasteiger partial charge in [0.15, 0.2) is 0 Å². The Bertz CT molecular complexity index is 622. The fraction of sp³-hybridized carbons (Fsp3) is 0.538. The minimum Gasteiger partial charge on any atom is -0.495 e. The summed E-state index contributed by atoms with van der Waals surface area (Å²) in [5.74, 6) is 0.267. The number of sulfonamides is 1. The maximum absolute atomic E-state index is 12.5. The topological polar surface area (TPSA) is 92.9 Å². The third-order valence-corrected chi connectivity index (χ3v) is 5.58. The summed E-state index contributed by atoms with van der Waals surface area (Å²) in [6, 6.07) is 3.01. The molecule has 7 heteroatoms. The van der Waals surface area contributed by atoms with Crippen molar-refractivity contribution in [2.45, 2.75) is 30.8 Å². The van der Waals surface area contributed by atoms with E-state index >= 15 is 0 Å². The minimum absolute atomic E-state index is 0.0428. The lowest BCUT2D eigenvalue weighted by atomic mass is 9.94. The number of aryl methyl sites for hydroxylation is 1. The Morgan fingerprint density at radius 1 is 1.45 bits per heavy atom. The summed E-state index contributed by atoms with van der Waals surface area (Å²) in [4.78, 5) is 0.0428. The highest BCUT2D eigenvalue weighted by Gasteiger charge is 2.46. The van der Waals surface area contributed by atoms with Crippen LogP contribution in [0.1, 0.15) is 18.9 Å². The molecule has 3 N–H and O–H groups in total. The number of hydrogen-bond donors (Lipinski definition) is 2. The molecule has 1 heterocycles. The number of nitrogens with zero attached hydrogens (tertiary/aromatic N) is 1. The SMILES string of the molecule is CCC1(O)CN(S(=O)(=O)c2cc(N)c(C)cc2OC)C1. The summed E-state index contributed by atoms with van der Waals surface area (Å²) < 4.78 is 31.5. The molecule has 0 unspecified atom stereocenters. The zero-order valence-electron chi connectivity index (χ0n) is 11.9. The number of nitrogens with two attached hydrogens (primary N) is 1. The summed E-state index contributed by atoms with van der Waals surface area (Å²) in [5, 5.41) is 9.96. The second-order valence-electron chi connectivity index (χ2n) is 5.21. The number of benzene rings is 1. The number of anilines is 1. The van der Waals surface area contributed by atoms with Crippen molar-refractivity contribution in [3.63, 3.8) is 0 Å². The Labute approximate surface area is 119 Å². The molecule has 6 nitrogen and oxygen atoms in total.